The Balaban J connectivity index is 0. The van der Waals surface area contributed by atoms with Gasteiger partial charge in [0.25, 0.3) is 0 Å². The maximum Gasteiger partial charge on any atom is 0.305 e. The normalized spacial score (nSPS) is 20.3. The number of hydrogen-bond donors (Lipinski definition) is 0. The molecule has 0 saturated carbocycles. The molecule has 4 heteroatoms. The molecule has 1 rings (SSSR count). The molecule has 1 heterocycles. The van der Waals surface area contributed by atoms with Crippen molar-refractivity contribution >= 4 is 27.6 Å². The molecule has 2 nitrogen and oxygen atoms in total. The van der Waals surface area contributed by atoms with Crippen LogP contribution in [0.1, 0.15) is 80.1 Å². The van der Waals surface area contributed by atoms with Gasteiger partial charge >= 0.3 is 5.97 Å². The predicted octanol–water partition coefficient (Wildman–Crippen LogP) is 6.10. The molecule has 0 N–H and O–H groups in total. The van der Waals surface area contributed by atoms with Gasteiger partial charge in [-0.3, -0.25) is 4.79 Å². The van der Waals surface area contributed by atoms with Gasteiger partial charge in [-0.25, -0.2) is 0 Å². The summed E-state index contributed by atoms with van der Waals surface area (Å²) in [6, 6.07) is 0. The number of rotatable bonds is 6. The monoisotopic (exact) mass is 322 g/mol. The first-order valence-electron chi connectivity index (χ1n) is 8.04. The first kappa shape index (κ1) is 22.5. The second-order valence-corrected chi connectivity index (χ2v) is 7.83. The van der Waals surface area contributed by atoms with E-state index >= 15 is 0 Å². The minimum absolute atomic E-state index is 0.0453. The van der Waals surface area contributed by atoms with Gasteiger partial charge in [0.05, 0.1) is 6.61 Å². The molecule has 0 aromatic rings. The number of ether oxygens (including phenoxy) is 1. The van der Waals surface area contributed by atoms with Crippen LogP contribution in [0.5, 0.6) is 0 Å². The van der Waals surface area contributed by atoms with Crippen molar-refractivity contribution in [1.29, 1.82) is 0 Å². The third kappa shape index (κ3) is 13.2. The van der Waals surface area contributed by atoms with Gasteiger partial charge in [-0.05, 0) is 33.1 Å². The third-order valence-corrected chi connectivity index (χ3v) is 5.98. The van der Waals surface area contributed by atoms with E-state index in [1.54, 1.807) is 0 Å². The van der Waals surface area contributed by atoms with E-state index in [1.807, 2.05) is 42.4 Å². The highest BCUT2D eigenvalue weighted by atomic mass is 33.1. The minimum atomic E-state index is -0.0453. The van der Waals surface area contributed by atoms with Crippen LogP contribution in [0.3, 0.4) is 0 Å². The van der Waals surface area contributed by atoms with E-state index in [9.17, 15) is 4.79 Å². The van der Waals surface area contributed by atoms with Crippen molar-refractivity contribution in [3.05, 3.63) is 0 Å². The van der Waals surface area contributed by atoms with Gasteiger partial charge in [0.2, 0.25) is 0 Å². The van der Waals surface area contributed by atoms with Crippen molar-refractivity contribution in [2.75, 3.05) is 12.4 Å². The summed E-state index contributed by atoms with van der Waals surface area (Å²) < 4.78 is 5.35. The lowest BCUT2D eigenvalue weighted by molar-refractivity contribution is -0.143. The van der Waals surface area contributed by atoms with Gasteiger partial charge in [-0.15, -0.1) is 0 Å². The van der Waals surface area contributed by atoms with Crippen LogP contribution in [0.4, 0.5) is 0 Å². The van der Waals surface area contributed by atoms with Crippen molar-refractivity contribution in [2.24, 2.45) is 0 Å². The molecule has 1 atom stereocenters. The second kappa shape index (κ2) is 15.6. The maximum absolute atomic E-state index is 11.1. The molecule has 0 bridgehead atoms. The molecule has 122 valence electrons. The highest BCUT2D eigenvalue weighted by Gasteiger charge is 2.29. The molecule has 0 amide bonds. The standard InChI is InChI=1S/C11H20O2S2.C3H8.C2H6/c1-3-13-10(12)6-4-5-7-11(2)8-9-14-15-11;1-3-2;1-2/h3-9H2,1-2H3;3H2,1-2H3;1-2H3/t11-;;/m1../s1. The van der Waals surface area contributed by atoms with E-state index in [0.717, 1.165) is 12.8 Å². The molecule has 0 radical (unpaired) electrons. The minimum Gasteiger partial charge on any atom is -0.466 e. The Hall–Kier alpha value is 0.170. The Morgan fingerprint density at radius 2 is 1.80 bits per heavy atom. The quantitative estimate of drug-likeness (QED) is 0.335. The smallest absolute Gasteiger partial charge is 0.305 e. The Morgan fingerprint density at radius 3 is 2.25 bits per heavy atom. The van der Waals surface area contributed by atoms with Crippen LogP contribution in [0.15, 0.2) is 0 Å². The zero-order chi connectivity index (χ0) is 15.9. The van der Waals surface area contributed by atoms with Gasteiger partial charge < -0.3 is 4.74 Å². The molecule has 1 aliphatic rings. The fraction of sp³-hybridized carbons (Fsp3) is 0.938. The first-order valence-corrected chi connectivity index (χ1v) is 10.4. The van der Waals surface area contributed by atoms with E-state index in [0.29, 0.717) is 17.8 Å². The number of hydrogen-bond acceptors (Lipinski definition) is 4. The number of carbonyl (C=O) groups is 1. The van der Waals surface area contributed by atoms with Gasteiger partial charge in [-0.1, -0.05) is 62.1 Å². The topological polar surface area (TPSA) is 26.3 Å². The second-order valence-electron chi connectivity index (χ2n) is 4.82. The van der Waals surface area contributed by atoms with Crippen molar-refractivity contribution in [2.45, 2.75) is 84.8 Å². The zero-order valence-electron chi connectivity index (χ0n) is 14.3. The highest BCUT2D eigenvalue weighted by molar-refractivity contribution is 8.77. The lowest BCUT2D eigenvalue weighted by Crippen LogP contribution is -2.15. The van der Waals surface area contributed by atoms with Crippen molar-refractivity contribution in [3.8, 4) is 0 Å². The average molecular weight is 323 g/mol. The van der Waals surface area contributed by atoms with Crippen LogP contribution in [0.25, 0.3) is 0 Å². The molecule has 0 aromatic carbocycles. The molecule has 1 fully saturated rings. The van der Waals surface area contributed by atoms with Crippen LogP contribution < -0.4 is 0 Å². The summed E-state index contributed by atoms with van der Waals surface area (Å²) in [5.74, 6) is 1.23. The maximum atomic E-state index is 11.1. The van der Waals surface area contributed by atoms with Gasteiger partial charge in [0.1, 0.15) is 0 Å². The Kier molecular flexibility index (Phi) is 17.5. The fourth-order valence-corrected chi connectivity index (χ4v) is 4.95. The molecular formula is C16H34O2S2. The van der Waals surface area contributed by atoms with E-state index < -0.39 is 0 Å². The van der Waals surface area contributed by atoms with Crippen LogP contribution in [-0.4, -0.2) is 23.1 Å². The van der Waals surface area contributed by atoms with Gasteiger partial charge in [-0.2, -0.15) is 0 Å². The number of carbonyl (C=O) groups excluding carboxylic acids is 1. The molecule has 0 aromatic heterocycles. The lowest BCUT2D eigenvalue weighted by atomic mass is 9.99. The van der Waals surface area contributed by atoms with Crippen LogP contribution in [-0.2, 0) is 9.53 Å². The Labute approximate surface area is 134 Å². The number of unbranched alkanes of at least 4 members (excludes halogenated alkanes) is 1. The summed E-state index contributed by atoms with van der Waals surface area (Å²) in [4.78, 5) is 11.1. The summed E-state index contributed by atoms with van der Waals surface area (Å²) >= 11 is 0. The fourth-order valence-electron chi connectivity index (χ4n) is 1.65. The van der Waals surface area contributed by atoms with Crippen molar-refractivity contribution < 1.29 is 9.53 Å². The Morgan fingerprint density at radius 1 is 1.20 bits per heavy atom. The van der Waals surface area contributed by atoms with Crippen molar-refractivity contribution in [3.63, 3.8) is 0 Å². The van der Waals surface area contributed by atoms with Gasteiger partial charge in [0, 0.05) is 16.9 Å². The summed E-state index contributed by atoms with van der Waals surface area (Å²) in [7, 11) is 3.99. The highest BCUT2D eigenvalue weighted by Crippen LogP contribution is 2.49. The largest absolute Gasteiger partial charge is 0.466 e. The van der Waals surface area contributed by atoms with E-state index in [4.69, 9.17) is 4.74 Å². The molecule has 1 aliphatic heterocycles. The van der Waals surface area contributed by atoms with E-state index in [-0.39, 0.29) is 5.97 Å². The third-order valence-electron chi connectivity index (χ3n) is 2.62. The molecule has 0 aliphatic carbocycles. The van der Waals surface area contributed by atoms with Gasteiger partial charge in [0.15, 0.2) is 0 Å². The summed E-state index contributed by atoms with van der Waals surface area (Å²) in [6.07, 6.45) is 6.48. The molecule has 0 unspecified atom stereocenters. The Bertz CT molecular complexity index is 215. The van der Waals surface area contributed by atoms with Crippen molar-refractivity contribution in [1.82, 2.24) is 0 Å². The summed E-state index contributed by atoms with van der Waals surface area (Å²) in [5, 5.41) is 0. The van der Waals surface area contributed by atoms with E-state index in [1.165, 1.54) is 25.0 Å². The average Bonchev–Trinajstić information content (AvgIpc) is 2.86. The predicted molar refractivity (Wildman–Crippen MR) is 95.5 cm³/mol. The lowest BCUT2D eigenvalue weighted by Gasteiger charge is -2.20. The molecule has 1 saturated heterocycles. The summed E-state index contributed by atoms with van der Waals surface area (Å²) in [6.45, 7) is 12.9. The van der Waals surface area contributed by atoms with E-state index in [2.05, 4.69) is 20.8 Å². The van der Waals surface area contributed by atoms with Crippen LogP contribution in [0, 0.1) is 0 Å². The summed E-state index contributed by atoms with van der Waals surface area (Å²) in [5.41, 5.74) is 0. The molecule has 0 spiro atoms. The first-order chi connectivity index (χ1) is 9.58. The zero-order valence-corrected chi connectivity index (χ0v) is 15.9. The molecule has 20 heavy (non-hydrogen) atoms. The SMILES string of the molecule is CC.CCC.CCOC(=O)CCCC[C@]1(C)CCSS1. The number of esters is 1. The van der Waals surface area contributed by atoms with Crippen LogP contribution >= 0.6 is 21.6 Å². The van der Waals surface area contributed by atoms with Crippen LogP contribution in [0.2, 0.25) is 0 Å². The molecular weight excluding hydrogens is 288 g/mol.